The molecule has 1 aromatic carbocycles. The summed E-state index contributed by atoms with van der Waals surface area (Å²) in [5.74, 6) is 0.0281. The zero-order valence-electron chi connectivity index (χ0n) is 10.3. The molecule has 1 amide bonds. The average Bonchev–Trinajstić information content (AvgIpc) is 2.31. The molecule has 1 atom stereocenters. The SMILES string of the molecule is CC(CN)CN(C)C(=O)Cc1ccc(F)cc1. The predicted molar refractivity (Wildman–Crippen MR) is 66.0 cm³/mol. The van der Waals surface area contributed by atoms with Crippen LogP contribution in [0, 0.1) is 11.7 Å². The molecule has 0 aromatic heterocycles. The molecule has 0 radical (unpaired) electrons. The van der Waals surface area contributed by atoms with Crippen LogP contribution in [0.3, 0.4) is 0 Å². The minimum atomic E-state index is -0.286. The molecule has 0 bridgehead atoms. The van der Waals surface area contributed by atoms with Crippen molar-refractivity contribution in [2.75, 3.05) is 20.1 Å². The van der Waals surface area contributed by atoms with E-state index in [0.717, 1.165) is 5.56 Å². The number of rotatable bonds is 5. The lowest BCUT2D eigenvalue weighted by Gasteiger charge is -2.20. The van der Waals surface area contributed by atoms with E-state index in [2.05, 4.69) is 0 Å². The van der Waals surface area contributed by atoms with Gasteiger partial charge < -0.3 is 10.6 Å². The highest BCUT2D eigenvalue weighted by molar-refractivity contribution is 5.78. The summed E-state index contributed by atoms with van der Waals surface area (Å²) in [4.78, 5) is 13.5. The van der Waals surface area contributed by atoms with Gasteiger partial charge in [-0.05, 0) is 30.2 Å². The summed E-state index contributed by atoms with van der Waals surface area (Å²) in [5.41, 5.74) is 6.33. The Kier molecular flexibility index (Phi) is 5.10. The third kappa shape index (κ3) is 4.53. The molecule has 0 aliphatic carbocycles. The second-order valence-corrected chi connectivity index (χ2v) is 4.42. The summed E-state index contributed by atoms with van der Waals surface area (Å²) < 4.78 is 12.7. The Bertz CT molecular complexity index is 364. The molecular weight excluding hydrogens is 219 g/mol. The van der Waals surface area contributed by atoms with Crippen LogP contribution in [0.2, 0.25) is 0 Å². The minimum Gasteiger partial charge on any atom is -0.345 e. The number of nitrogens with two attached hydrogens (primary N) is 1. The Morgan fingerprint density at radius 2 is 2.00 bits per heavy atom. The maximum atomic E-state index is 12.7. The van der Waals surface area contributed by atoms with Gasteiger partial charge in [-0.15, -0.1) is 0 Å². The zero-order valence-corrected chi connectivity index (χ0v) is 10.3. The number of likely N-dealkylation sites (N-methyl/N-ethyl adjacent to an activating group) is 1. The summed E-state index contributed by atoms with van der Waals surface area (Å²) in [6.45, 7) is 3.21. The summed E-state index contributed by atoms with van der Waals surface area (Å²) in [7, 11) is 1.76. The first-order valence-electron chi connectivity index (χ1n) is 5.71. The van der Waals surface area contributed by atoms with Crippen molar-refractivity contribution >= 4 is 5.91 Å². The zero-order chi connectivity index (χ0) is 12.8. The number of benzene rings is 1. The molecule has 0 aliphatic heterocycles. The molecule has 3 nitrogen and oxygen atoms in total. The highest BCUT2D eigenvalue weighted by Gasteiger charge is 2.12. The van der Waals surface area contributed by atoms with Crippen LogP contribution in [0.5, 0.6) is 0 Å². The molecular formula is C13H19FN2O. The molecule has 17 heavy (non-hydrogen) atoms. The van der Waals surface area contributed by atoms with Gasteiger partial charge in [-0.3, -0.25) is 4.79 Å². The van der Waals surface area contributed by atoms with Gasteiger partial charge in [0.05, 0.1) is 6.42 Å². The van der Waals surface area contributed by atoms with Crippen LogP contribution in [0.4, 0.5) is 4.39 Å². The van der Waals surface area contributed by atoms with Crippen LogP contribution >= 0.6 is 0 Å². The highest BCUT2D eigenvalue weighted by atomic mass is 19.1. The van der Waals surface area contributed by atoms with Crippen molar-refractivity contribution in [2.45, 2.75) is 13.3 Å². The number of carbonyl (C=O) groups is 1. The molecule has 0 fully saturated rings. The molecule has 0 saturated carbocycles. The van der Waals surface area contributed by atoms with Gasteiger partial charge in [-0.1, -0.05) is 19.1 Å². The van der Waals surface area contributed by atoms with Gasteiger partial charge in [-0.2, -0.15) is 0 Å². The molecule has 2 N–H and O–H groups in total. The van der Waals surface area contributed by atoms with Crippen molar-refractivity contribution in [3.8, 4) is 0 Å². The second-order valence-electron chi connectivity index (χ2n) is 4.42. The largest absolute Gasteiger partial charge is 0.345 e. The van der Waals surface area contributed by atoms with Crippen LogP contribution in [0.25, 0.3) is 0 Å². The van der Waals surface area contributed by atoms with Gasteiger partial charge in [0.15, 0.2) is 0 Å². The Morgan fingerprint density at radius 3 is 2.53 bits per heavy atom. The third-order valence-corrected chi connectivity index (χ3v) is 2.68. The Labute approximate surface area is 101 Å². The lowest BCUT2D eigenvalue weighted by molar-refractivity contribution is -0.129. The van der Waals surface area contributed by atoms with Gasteiger partial charge in [0.2, 0.25) is 5.91 Å². The highest BCUT2D eigenvalue weighted by Crippen LogP contribution is 2.06. The van der Waals surface area contributed by atoms with Gasteiger partial charge in [0.1, 0.15) is 5.82 Å². The van der Waals surface area contributed by atoms with E-state index in [1.807, 2.05) is 6.92 Å². The van der Waals surface area contributed by atoms with Gasteiger partial charge >= 0.3 is 0 Å². The van der Waals surface area contributed by atoms with E-state index < -0.39 is 0 Å². The minimum absolute atomic E-state index is 0.0249. The van der Waals surface area contributed by atoms with E-state index in [4.69, 9.17) is 5.73 Å². The van der Waals surface area contributed by atoms with Crippen LogP contribution in [-0.2, 0) is 11.2 Å². The molecule has 1 rings (SSSR count). The quantitative estimate of drug-likeness (QED) is 0.843. The van der Waals surface area contributed by atoms with Crippen molar-refractivity contribution in [2.24, 2.45) is 11.7 Å². The fourth-order valence-electron chi connectivity index (χ4n) is 1.56. The van der Waals surface area contributed by atoms with E-state index in [1.165, 1.54) is 12.1 Å². The predicted octanol–water partition coefficient (Wildman–Crippen LogP) is 1.42. The molecule has 0 spiro atoms. The van der Waals surface area contributed by atoms with Crippen molar-refractivity contribution in [3.63, 3.8) is 0 Å². The molecule has 0 saturated heterocycles. The van der Waals surface area contributed by atoms with Crippen LogP contribution in [-0.4, -0.2) is 30.9 Å². The number of hydrogen-bond acceptors (Lipinski definition) is 2. The maximum absolute atomic E-state index is 12.7. The lowest BCUT2D eigenvalue weighted by Crippen LogP contribution is -2.34. The smallest absolute Gasteiger partial charge is 0.226 e. The first-order chi connectivity index (χ1) is 8.02. The second kappa shape index (κ2) is 6.35. The fraction of sp³-hybridized carbons (Fsp3) is 0.462. The Hall–Kier alpha value is -1.42. The molecule has 1 aromatic rings. The number of carbonyl (C=O) groups excluding carboxylic acids is 1. The topological polar surface area (TPSA) is 46.3 Å². The lowest BCUT2D eigenvalue weighted by atomic mass is 10.1. The Balaban J connectivity index is 2.51. The van der Waals surface area contributed by atoms with Crippen molar-refractivity contribution in [1.82, 2.24) is 4.90 Å². The van der Waals surface area contributed by atoms with Gasteiger partial charge in [0.25, 0.3) is 0 Å². The summed E-state index contributed by atoms with van der Waals surface area (Å²) in [6, 6.07) is 6.00. The Morgan fingerprint density at radius 1 is 1.41 bits per heavy atom. The van der Waals surface area contributed by atoms with E-state index >= 15 is 0 Å². The molecule has 0 heterocycles. The first kappa shape index (κ1) is 13.6. The van der Waals surface area contributed by atoms with Crippen molar-refractivity contribution < 1.29 is 9.18 Å². The number of amides is 1. The van der Waals surface area contributed by atoms with E-state index in [0.29, 0.717) is 19.5 Å². The van der Waals surface area contributed by atoms with E-state index in [9.17, 15) is 9.18 Å². The van der Waals surface area contributed by atoms with Crippen LogP contribution < -0.4 is 5.73 Å². The summed E-state index contributed by atoms with van der Waals surface area (Å²) in [5, 5.41) is 0. The first-order valence-corrected chi connectivity index (χ1v) is 5.71. The van der Waals surface area contributed by atoms with Crippen LogP contribution in [0.1, 0.15) is 12.5 Å². The number of nitrogens with zero attached hydrogens (tertiary/aromatic N) is 1. The maximum Gasteiger partial charge on any atom is 0.226 e. The van der Waals surface area contributed by atoms with Crippen molar-refractivity contribution in [3.05, 3.63) is 35.6 Å². The number of halogens is 1. The average molecular weight is 238 g/mol. The van der Waals surface area contributed by atoms with Gasteiger partial charge in [0, 0.05) is 13.6 Å². The number of hydrogen-bond donors (Lipinski definition) is 1. The fourth-order valence-corrected chi connectivity index (χ4v) is 1.56. The molecule has 94 valence electrons. The summed E-state index contributed by atoms with van der Waals surface area (Å²) >= 11 is 0. The summed E-state index contributed by atoms with van der Waals surface area (Å²) in [6.07, 6.45) is 0.300. The van der Waals surface area contributed by atoms with Crippen molar-refractivity contribution in [1.29, 1.82) is 0 Å². The van der Waals surface area contributed by atoms with Crippen LogP contribution in [0.15, 0.2) is 24.3 Å². The van der Waals surface area contributed by atoms with E-state index in [-0.39, 0.29) is 17.6 Å². The monoisotopic (exact) mass is 238 g/mol. The molecule has 0 aliphatic rings. The van der Waals surface area contributed by atoms with E-state index in [1.54, 1.807) is 24.1 Å². The standard InChI is InChI=1S/C13H19FN2O/c1-10(8-15)9-16(2)13(17)7-11-3-5-12(14)6-4-11/h3-6,10H,7-9,15H2,1-2H3. The molecule has 1 unspecified atom stereocenters. The normalized spacial score (nSPS) is 12.2. The van der Waals surface area contributed by atoms with Gasteiger partial charge in [-0.25, -0.2) is 4.39 Å². The third-order valence-electron chi connectivity index (χ3n) is 2.68. The molecule has 4 heteroatoms.